The van der Waals surface area contributed by atoms with Crippen molar-refractivity contribution in [1.82, 2.24) is 19.7 Å². The number of anilines is 2. The molecule has 3 aromatic rings. The molecule has 1 fully saturated rings. The van der Waals surface area contributed by atoms with Crippen molar-refractivity contribution in [3.05, 3.63) is 59.8 Å². The van der Waals surface area contributed by atoms with Crippen LogP contribution in [0, 0.1) is 6.92 Å². The fraction of sp³-hybridized carbons (Fsp3) is 0.300. The van der Waals surface area contributed by atoms with Crippen LogP contribution in [0.4, 0.5) is 11.5 Å². The first-order chi connectivity index (χ1) is 13.6. The maximum absolute atomic E-state index is 12.8. The predicted octanol–water partition coefficient (Wildman–Crippen LogP) is 2.30. The molecular formula is C20H19BN6O. The average Bonchev–Trinajstić information content (AvgIpc) is 3.39. The molecule has 28 heavy (non-hydrogen) atoms. The lowest BCUT2D eigenvalue weighted by Gasteiger charge is -2.17. The van der Waals surface area contributed by atoms with Gasteiger partial charge in [0.1, 0.15) is 5.82 Å². The number of hydrogen-bond acceptors (Lipinski definition) is 5. The zero-order chi connectivity index (χ0) is 19.3. The van der Waals surface area contributed by atoms with E-state index in [0.29, 0.717) is 12.1 Å². The molecule has 5 rings (SSSR count). The van der Waals surface area contributed by atoms with Gasteiger partial charge in [0.05, 0.1) is 49.4 Å². The van der Waals surface area contributed by atoms with Gasteiger partial charge in [-0.25, -0.2) is 9.67 Å². The van der Waals surface area contributed by atoms with Crippen molar-refractivity contribution < 1.29 is 4.79 Å². The van der Waals surface area contributed by atoms with Gasteiger partial charge in [0.25, 0.3) is 5.91 Å². The van der Waals surface area contributed by atoms with E-state index in [4.69, 9.17) is 7.85 Å². The summed E-state index contributed by atoms with van der Waals surface area (Å²) in [6, 6.07) is 7.76. The minimum Gasteiger partial charge on any atom is -0.357 e. The summed E-state index contributed by atoms with van der Waals surface area (Å²) < 4.78 is 1.72. The van der Waals surface area contributed by atoms with E-state index in [1.165, 1.54) is 0 Å². The van der Waals surface area contributed by atoms with Crippen molar-refractivity contribution in [2.24, 2.45) is 0 Å². The van der Waals surface area contributed by atoms with E-state index < -0.39 is 0 Å². The average molecular weight is 370 g/mol. The highest BCUT2D eigenvalue weighted by atomic mass is 16.2. The number of rotatable bonds is 3. The summed E-state index contributed by atoms with van der Waals surface area (Å²) in [5.41, 5.74) is 3.92. The second-order valence-corrected chi connectivity index (χ2v) is 7.35. The summed E-state index contributed by atoms with van der Waals surface area (Å²) in [5.74, 6) is 1.08. The number of carbonyl (C=O) groups is 1. The first-order valence-electron chi connectivity index (χ1n) is 9.38. The minimum absolute atomic E-state index is 0.0532. The first-order valence-corrected chi connectivity index (χ1v) is 9.38. The van der Waals surface area contributed by atoms with Crippen LogP contribution in [-0.2, 0) is 6.54 Å². The van der Waals surface area contributed by atoms with Gasteiger partial charge in [-0.3, -0.25) is 9.78 Å². The van der Waals surface area contributed by atoms with Gasteiger partial charge in [0.15, 0.2) is 0 Å². The van der Waals surface area contributed by atoms with E-state index in [1.54, 1.807) is 28.2 Å². The molecule has 1 saturated heterocycles. The Kier molecular flexibility index (Phi) is 3.93. The topological polar surface area (TPSA) is 67.2 Å². The van der Waals surface area contributed by atoms with Crippen molar-refractivity contribution in [3.8, 4) is 5.69 Å². The highest BCUT2D eigenvalue weighted by molar-refractivity contribution is 6.12. The van der Waals surface area contributed by atoms with Crippen LogP contribution in [0.3, 0.4) is 0 Å². The van der Waals surface area contributed by atoms with E-state index in [0.717, 1.165) is 48.1 Å². The number of amides is 1. The molecule has 0 unspecified atom stereocenters. The van der Waals surface area contributed by atoms with Gasteiger partial charge in [0.2, 0.25) is 0 Å². The monoisotopic (exact) mass is 370 g/mol. The SMILES string of the molecule is [B][C@H]1CCN(c2ccc(-n3cc4c(n3)CN(c3ccc(C)nc3)C4=O)cn2)C1. The second-order valence-electron chi connectivity index (χ2n) is 7.35. The number of pyridine rings is 2. The number of aromatic nitrogens is 4. The number of fused-ring (bicyclic) bond motifs is 1. The van der Waals surface area contributed by atoms with Crippen LogP contribution in [0.2, 0.25) is 5.82 Å². The molecule has 0 saturated carbocycles. The molecule has 0 bridgehead atoms. The normalized spacial score (nSPS) is 18.8. The summed E-state index contributed by atoms with van der Waals surface area (Å²) in [4.78, 5) is 25.5. The van der Waals surface area contributed by atoms with Crippen molar-refractivity contribution >= 4 is 25.3 Å². The Morgan fingerprint density at radius 2 is 1.93 bits per heavy atom. The Labute approximate surface area is 164 Å². The molecule has 0 spiro atoms. The van der Waals surface area contributed by atoms with Gasteiger partial charge in [-0.1, -0.05) is 5.82 Å². The van der Waals surface area contributed by atoms with Crippen LogP contribution >= 0.6 is 0 Å². The summed E-state index contributed by atoms with van der Waals surface area (Å²) in [5, 5.41) is 4.60. The molecule has 8 heteroatoms. The van der Waals surface area contributed by atoms with Crippen LogP contribution in [-0.4, -0.2) is 46.6 Å². The predicted molar refractivity (Wildman–Crippen MR) is 107 cm³/mol. The molecule has 3 aromatic heterocycles. The highest BCUT2D eigenvalue weighted by Gasteiger charge is 2.32. The van der Waals surface area contributed by atoms with Crippen LogP contribution in [0.15, 0.2) is 42.9 Å². The Morgan fingerprint density at radius 3 is 2.57 bits per heavy atom. The standard InChI is InChI=1S/C20H19BN6O/c1-13-2-3-15(8-22-13)26-12-18-17(20(26)28)11-27(24-18)16-4-5-19(23-9-16)25-7-6-14(21)10-25/h2-5,8-9,11,14H,6-7,10,12H2,1H3/t14-/m0/s1. The number of hydrogen-bond donors (Lipinski definition) is 0. The Hall–Kier alpha value is -3.16. The van der Waals surface area contributed by atoms with Crippen LogP contribution in [0.1, 0.15) is 28.2 Å². The summed E-state index contributed by atoms with van der Waals surface area (Å²) in [7, 11) is 5.97. The molecule has 2 aliphatic heterocycles. The number of nitrogens with zero attached hydrogens (tertiary/aromatic N) is 6. The Balaban J connectivity index is 1.36. The summed E-state index contributed by atoms with van der Waals surface area (Å²) in [6.07, 6.45) is 6.28. The maximum Gasteiger partial charge on any atom is 0.262 e. The van der Waals surface area contributed by atoms with Crippen LogP contribution in [0.25, 0.3) is 5.69 Å². The zero-order valence-electron chi connectivity index (χ0n) is 15.6. The van der Waals surface area contributed by atoms with E-state index in [9.17, 15) is 4.79 Å². The van der Waals surface area contributed by atoms with Crippen molar-refractivity contribution in [2.75, 3.05) is 22.9 Å². The number of carbonyl (C=O) groups excluding carboxylic acids is 1. The molecule has 0 aromatic carbocycles. The quantitative estimate of drug-likeness (QED) is 0.662. The largest absolute Gasteiger partial charge is 0.357 e. The van der Waals surface area contributed by atoms with E-state index >= 15 is 0 Å². The van der Waals surface area contributed by atoms with Crippen LogP contribution < -0.4 is 9.80 Å². The Morgan fingerprint density at radius 1 is 1.11 bits per heavy atom. The molecule has 1 amide bonds. The molecule has 2 radical (unpaired) electrons. The Bertz CT molecular complexity index is 1030. The third kappa shape index (κ3) is 2.85. The zero-order valence-corrected chi connectivity index (χ0v) is 15.6. The lowest BCUT2D eigenvalue weighted by atomic mass is 9.87. The smallest absolute Gasteiger partial charge is 0.262 e. The molecule has 0 aliphatic carbocycles. The van der Waals surface area contributed by atoms with E-state index in [2.05, 4.69) is 20.0 Å². The van der Waals surface area contributed by atoms with E-state index in [1.807, 2.05) is 31.2 Å². The van der Waals surface area contributed by atoms with Gasteiger partial charge < -0.3 is 9.80 Å². The lowest BCUT2D eigenvalue weighted by Crippen LogP contribution is -2.24. The third-order valence-corrected chi connectivity index (χ3v) is 5.33. The number of aryl methyl sites for hydroxylation is 1. The summed E-state index contributed by atoms with van der Waals surface area (Å²) >= 11 is 0. The molecular weight excluding hydrogens is 351 g/mol. The van der Waals surface area contributed by atoms with Gasteiger partial charge in [-0.15, -0.1) is 0 Å². The van der Waals surface area contributed by atoms with Crippen molar-refractivity contribution in [3.63, 3.8) is 0 Å². The minimum atomic E-state index is -0.0532. The highest BCUT2D eigenvalue weighted by Crippen LogP contribution is 2.28. The van der Waals surface area contributed by atoms with Crippen molar-refractivity contribution in [1.29, 1.82) is 0 Å². The molecule has 7 nitrogen and oxygen atoms in total. The van der Waals surface area contributed by atoms with E-state index in [-0.39, 0.29) is 11.7 Å². The van der Waals surface area contributed by atoms with Crippen molar-refractivity contribution in [2.45, 2.75) is 25.7 Å². The van der Waals surface area contributed by atoms with Gasteiger partial charge in [-0.05, 0) is 37.6 Å². The summed E-state index contributed by atoms with van der Waals surface area (Å²) in [6.45, 7) is 4.14. The first kappa shape index (κ1) is 17.0. The second kappa shape index (κ2) is 6.47. The lowest BCUT2D eigenvalue weighted by molar-refractivity contribution is 0.0996. The molecule has 1 atom stereocenters. The van der Waals surface area contributed by atoms with Crippen LogP contribution in [0.5, 0.6) is 0 Å². The van der Waals surface area contributed by atoms with Gasteiger partial charge >= 0.3 is 0 Å². The molecule has 5 heterocycles. The molecule has 138 valence electrons. The fourth-order valence-electron chi connectivity index (χ4n) is 3.73. The molecule has 2 aliphatic rings. The maximum atomic E-state index is 12.8. The van der Waals surface area contributed by atoms with Gasteiger partial charge in [-0.2, -0.15) is 5.10 Å². The fourth-order valence-corrected chi connectivity index (χ4v) is 3.73. The van der Waals surface area contributed by atoms with Gasteiger partial charge in [0, 0.05) is 25.0 Å². The molecule has 0 N–H and O–H groups in total. The third-order valence-electron chi connectivity index (χ3n) is 5.33.